The smallest absolute Gasteiger partial charge is 0.121 e. The van der Waals surface area contributed by atoms with Gasteiger partial charge in [-0.25, -0.2) is 0 Å². The highest BCUT2D eigenvalue weighted by Crippen LogP contribution is 2.26. The summed E-state index contributed by atoms with van der Waals surface area (Å²) in [5, 5.41) is 22.5. The minimum absolute atomic E-state index is 0.0173. The van der Waals surface area contributed by atoms with Crippen molar-refractivity contribution < 1.29 is 14.9 Å². The van der Waals surface area contributed by atoms with Crippen molar-refractivity contribution in [2.75, 3.05) is 20.2 Å². The van der Waals surface area contributed by atoms with Crippen molar-refractivity contribution in [2.45, 2.75) is 19.1 Å². The van der Waals surface area contributed by atoms with Gasteiger partial charge in [0.05, 0.1) is 12.7 Å². The lowest BCUT2D eigenvalue weighted by Gasteiger charge is -2.25. The van der Waals surface area contributed by atoms with E-state index < -0.39 is 6.10 Å². The second-order valence-electron chi connectivity index (χ2n) is 5.22. The van der Waals surface area contributed by atoms with Crippen LogP contribution in [0.4, 0.5) is 0 Å². The minimum Gasteiger partial charge on any atom is -0.489 e. The van der Waals surface area contributed by atoms with E-state index in [1.165, 1.54) is 0 Å². The lowest BCUT2D eigenvalue weighted by atomic mass is 9.90. The zero-order valence-corrected chi connectivity index (χ0v) is 12.3. The largest absolute Gasteiger partial charge is 0.489 e. The molecule has 0 fully saturated rings. The molecule has 2 atom stereocenters. The summed E-state index contributed by atoms with van der Waals surface area (Å²) >= 11 is 0. The van der Waals surface area contributed by atoms with Gasteiger partial charge in [0.25, 0.3) is 0 Å². The molecular weight excluding hydrogens is 266 g/mol. The highest BCUT2D eigenvalue weighted by molar-refractivity contribution is 5.31. The number of aliphatic hydroxyl groups excluding tert-OH is 2. The molecule has 0 radical (unpaired) electrons. The maximum atomic E-state index is 10.0. The molecule has 1 aliphatic rings. The molecule has 0 aliphatic heterocycles. The van der Waals surface area contributed by atoms with Crippen LogP contribution in [0.3, 0.4) is 0 Å². The second kappa shape index (κ2) is 7.98. The summed E-state index contributed by atoms with van der Waals surface area (Å²) in [5.74, 6) is 0.734. The summed E-state index contributed by atoms with van der Waals surface area (Å²) in [4.78, 5) is 0. The first-order valence-electron chi connectivity index (χ1n) is 7.26. The van der Waals surface area contributed by atoms with Gasteiger partial charge >= 0.3 is 0 Å². The Kier molecular flexibility index (Phi) is 5.99. The molecule has 2 rings (SSSR count). The summed E-state index contributed by atoms with van der Waals surface area (Å²) in [5.41, 5.74) is 1.84. The Morgan fingerprint density at radius 3 is 2.76 bits per heavy atom. The topological polar surface area (TPSA) is 61.7 Å². The average Bonchev–Trinajstić information content (AvgIpc) is 2.54. The van der Waals surface area contributed by atoms with E-state index in [1.54, 1.807) is 0 Å². The fourth-order valence-corrected chi connectivity index (χ4v) is 2.43. The molecule has 21 heavy (non-hydrogen) atoms. The van der Waals surface area contributed by atoms with Crippen LogP contribution in [0.15, 0.2) is 53.8 Å². The van der Waals surface area contributed by atoms with Crippen molar-refractivity contribution in [3.63, 3.8) is 0 Å². The molecule has 4 heteroatoms. The van der Waals surface area contributed by atoms with Crippen molar-refractivity contribution in [3.8, 4) is 0 Å². The van der Waals surface area contributed by atoms with E-state index in [0.29, 0.717) is 18.9 Å². The first-order valence-corrected chi connectivity index (χ1v) is 7.26. The number of hydrogen-bond acceptors (Lipinski definition) is 4. The highest BCUT2D eigenvalue weighted by atomic mass is 16.5. The molecule has 4 nitrogen and oxygen atoms in total. The SMILES string of the molecule is CNC[C@H](O)C1C=C(CO)C(OCc2ccccc2)=CC1. The van der Waals surface area contributed by atoms with Gasteiger partial charge in [0.2, 0.25) is 0 Å². The molecule has 114 valence electrons. The van der Waals surface area contributed by atoms with E-state index in [2.05, 4.69) is 5.32 Å². The molecule has 0 aromatic heterocycles. The Bertz CT molecular complexity index is 496. The molecule has 0 saturated heterocycles. The van der Waals surface area contributed by atoms with Gasteiger partial charge in [-0.3, -0.25) is 0 Å². The number of ether oxygens (including phenoxy) is 1. The Balaban J connectivity index is 1.96. The van der Waals surface area contributed by atoms with E-state index >= 15 is 0 Å². The number of rotatable bonds is 7. The predicted octanol–water partition coefficient (Wildman–Crippen LogP) is 1.61. The lowest BCUT2D eigenvalue weighted by molar-refractivity contribution is 0.125. The van der Waals surface area contributed by atoms with Crippen LogP contribution in [0, 0.1) is 5.92 Å². The number of nitrogens with one attached hydrogen (secondary N) is 1. The Hall–Kier alpha value is -1.62. The summed E-state index contributed by atoms with van der Waals surface area (Å²) in [7, 11) is 1.81. The Labute approximate surface area is 125 Å². The monoisotopic (exact) mass is 289 g/mol. The van der Waals surface area contributed by atoms with Gasteiger partial charge in [0, 0.05) is 18.0 Å². The molecule has 1 aromatic rings. The molecule has 1 aliphatic carbocycles. The number of allylic oxidation sites excluding steroid dienone is 1. The lowest BCUT2D eigenvalue weighted by Crippen LogP contribution is -2.31. The van der Waals surface area contributed by atoms with Crippen molar-refractivity contribution in [3.05, 3.63) is 59.4 Å². The molecule has 3 N–H and O–H groups in total. The highest BCUT2D eigenvalue weighted by Gasteiger charge is 2.22. The first kappa shape index (κ1) is 15.8. The van der Waals surface area contributed by atoms with Crippen molar-refractivity contribution in [1.29, 1.82) is 0 Å². The number of benzene rings is 1. The fourth-order valence-electron chi connectivity index (χ4n) is 2.43. The molecule has 0 spiro atoms. The normalized spacial score (nSPS) is 19.7. The van der Waals surface area contributed by atoms with Gasteiger partial charge in [-0.05, 0) is 25.1 Å². The van der Waals surface area contributed by atoms with Crippen molar-refractivity contribution in [1.82, 2.24) is 5.32 Å². The minimum atomic E-state index is -0.455. The quantitative estimate of drug-likeness (QED) is 0.713. The number of likely N-dealkylation sites (N-methyl/N-ethyl adjacent to an activating group) is 1. The van der Waals surface area contributed by atoms with Gasteiger partial charge in [-0.1, -0.05) is 36.4 Å². The van der Waals surface area contributed by atoms with Crippen LogP contribution < -0.4 is 5.32 Å². The molecular formula is C17H23NO3. The van der Waals surface area contributed by atoms with Crippen LogP contribution in [0.25, 0.3) is 0 Å². The van der Waals surface area contributed by atoms with Crippen LogP contribution in [0.5, 0.6) is 0 Å². The molecule has 0 heterocycles. The maximum absolute atomic E-state index is 10.0. The van der Waals surface area contributed by atoms with Crippen LogP contribution in [-0.4, -0.2) is 36.5 Å². The van der Waals surface area contributed by atoms with Crippen molar-refractivity contribution >= 4 is 0 Å². The zero-order valence-electron chi connectivity index (χ0n) is 12.3. The van der Waals surface area contributed by atoms with Crippen molar-refractivity contribution in [2.24, 2.45) is 5.92 Å². The van der Waals surface area contributed by atoms with E-state index in [9.17, 15) is 10.2 Å². The maximum Gasteiger partial charge on any atom is 0.121 e. The Morgan fingerprint density at radius 2 is 2.10 bits per heavy atom. The van der Waals surface area contributed by atoms with E-state index in [4.69, 9.17) is 4.74 Å². The molecule has 0 bridgehead atoms. The van der Waals surface area contributed by atoms with Gasteiger partial charge in [-0.2, -0.15) is 0 Å². The standard InChI is InChI=1S/C17H23NO3/c1-18-10-16(20)14-7-8-17(15(9-14)11-19)21-12-13-5-3-2-4-6-13/h2-6,8-9,14,16,18-20H,7,10-12H2,1H3/t14?,16-/m0/s1. The zero-order chi connectivity index (χ0) is 15.1. The average molecular weight is 289 g/mol. The first-order chi connectivity index (χ1) is 10.2. The molecule has 0 saturated carbocycles. The summed E-state index contributed by atoms with van der Waals surface area (Å²) in [6, 6.07) is 9.92. The van der Waals surface area contributed by atoms with Gasteiger partial charge < -0.3 is 20.3 Å². The number of hydrogen-bond donors (Lipinski definition) is 3. The third-order valence-electron chi connectivity index (χ3n) is 3.62. The van der Waals surface area contributed by atoms with E-state index in [0.717, 1.165) is 17.6 Å². The third-order valence-corrected chi connectivity index (χ3v) is 3.62. The molecule has 1 unspecified atom stereocenters. The van der Waals surface area contributed by atoms with Gasteiger partial charge in [0.15, 0.2) is 0 Å². The summed E-state index contributed by atoms with van der Waals surface area (Å²) < 4.78 is 5.80. The second-order valence-corrected chi connectivity index (χ2v) is 5.22. The third kappa shape index (κ3) is 4.43. The van der Waals surface area contributed by atoms with E-state index in [1.807, 2.05) is 49.5 Å². The van der Waals surface area contributed by atoms with Crippen LogP contribution in [0.1, 0.15) is 12.0 Å². The van der Waals surface area contributed by atoms with E-state index in [-0.39, 0.29) is 12.5 Å². The number of aliphatic hydroxyl groups is 2. The Morgan fingerprint density at radius 1 is 1.33 bits per heavy atom. The molecule has 1 aromatic carbocycles. The fraction of sp³-hybridized carbons (Fsp3) is 0.412. The molecule has 0 amide bonds. The van der Waals surface area contributed by atoms with Gasteiger partial charge in [0.1, 0.15) is 12.4 Å². The van der Waals surface area contributed by atoms with Crippen LogP contribution >= 0.6 is 0 Å². The van der Waals surface area contributed by atoms with Crippen LogP contribution in [0.2, 0.25) is 0 Å². The predicted molar refractivity (Wildman–Crippen MR) is 82.5 cm³/mol. The van der Waals surface area contributed by atoms with Gasteiger partial charge in [-0.15, -0.1) is 0 Å². The summed E-state index contributed by atoms with van der Waals surface area (Å²) in [6.45, 7) is 0.936. The van der Waals surface area contributed by atoms with Crippen LogP contribution in [-0.2, 0) is 11.3 Å². The summed E-state index contributed by atoms with van der Waals surface area (Å²) in [6.07, 6.45) is 4.14.